The van der Waals surface area contributed by atoms with E-state index >= 15 is 0 Å². The van der Waals surface area contributed by atoms with Gasteiger partial charge in [0.15, 0.2) is 0 Å². The molecule has 0 spiro atoms. The highest BCUT2D eigenvalue weighted by molar-refractivity contribution is 7.89. The molecule has 1 aliphatic heterocycles. The maximum Gasteiger partial charge on any atom is 0.214 e. The molecule has 0 amide bonds. The van der Waals surface area contributed by atoms with Crippen molar-refractivity contribution in [3.8, 4) is 5.75 Å². The molecule has 2 heterocycles. The van der Waals surface area contributed by atoms with Gasteiger partial charge in [0.1, 0.15) is 12.4 Å². The summed E-state index contributed by atoms with van der Waals surface area (Å²) in [6.45, 7) is 2.35. The van der Waals surface area contributed by atoms with Gasteiger partial charge in [-0.15, -0.1) is 0 Å². The fraction of sp³-hybridized carbons (Fsp3) is 0.615. The van der Waals surface area contributed by atoms with Crippen LogP contribution in [0.5, 0.6) is 5.75 Å². The van der Waals surface area contributed by atoms with E-state index in [0.29, 0.717) is 25.3 Å². The molecule has 1 saturated heterocycles. The smallest absolute Gasteiger partial charge is 0.214 e. The molecule has 0 aromatic carbocycles. The Morgan fingerprint density at radius 2 is 2.30 bits per heavy atom. The van der Waals surface area contributed by atoms with Crippen LogP contribution < -0.4 is 4.74 Å². The van der Waals surface area contributed by atoms with Crippen molar-refractivity contribution in [3.63, 3.8) is 0 Å². The lowest BCUT2D eigenvalue weighted by molar-refractivity contribution is 0.113. The van der Waals surface area contributed by atoms with Crippen molar-refractivity contribution >= 4 is 10.0 Å². The molecule has 0 N–H and O–H groups in total. The zero-order valence-corrected chi connectivity index (χ0v) is 12.5. The SMILES string of the molecule is CCS(=O)(=O)N1C[C@H](OC)C[C@H]1COc1cccnc1. The van der Waals surface area contributed by atoms with E-state index < -0.39 is 10.0 Å². The molecule has 0 bridgehead atoms. The number of pyridine rings is 1. The zero-order chi connectivity index (χ0) is 14.6. The Labute approximate surface area is 119 Å². The average Bonchev–Trinajstić information content (AvgIpc) is 2.90. The van der Waals surface area contributed by atoms with Crippen LogP contribution in [0.15, 0.2) is 24.5 Å². The highest BCUT2D eigenvalue weighted by Gasteiger charge is 2.39. The van der Waals surface area contributed by atoms with Crippen LogP contribution >= 0.6 is 0 Å². The molecular weight excluding hydrogens is 280 g/mol. The zero-order valence-electron chi connectivity index (χ0n) is 11.7. The van der Waals surface area contributed by atoms with E-state index in [0.717, 1.165) is 0 Å². The van der Waals surface area contributed by atoms with Crippen molar-refractivity contribution in [3.05, 3.63) is 24.5 Å². The lowest BCUT2D eigenvalue weighted by Gasteiger charge is -2.23. The fourth-order valence-electron chi connectivity index (χ4n) is 2.30. The van der Waals surface area contributed by atoms with Crippen LogP contribution in [0.2, 0.25) is 0 Å². The van der Waals surface area contributed by atoms with E-state index in [1.165, 1.54) is 4.31 Å². The lowest BCUT2D eigenvalue weighted by atomic mass is 10.2. The monoisotopic (exact) mass is 300 g/mol. The van der Waals surface area contributed by atoms with Crippen molar-refractivity contribution in [2.75, 3.05) is 26.0 Å². The molecule has 0 radical (unpaired) electrons. The molecule has 1 aromatic rings. The number of hydrogen-bond donors (Lipinski definition) is 0. The molecule has 7 heteroatoms. The molecule has 2 rings (SSSR count). The highest BCUT2D eigenvalue weighted by atomic mass is 32.2. The van der Waals surface area contributed by atoms with Gasteiger partial charge in [-0.05, 0) is 25.5 Å². The van der Waals surface area contributed by atoms with Gasteiger partial charge in [0.2, 0.25) is 10.0 Å². The second-order valence-corrected chi connectivity index (χ2v) is 6.93. The summed E-state index contributed by atoms with van der Waals surface area (Å²) in [5.74, 6) is 0.731. The quantitative estimate of drug-likeness (QED) is 0.781. The summed E-state index contributed by atoms with van der Waals surface area (Å²) >= 11 is 0. The molecule has 0 unspecified atom stereocenters. The molecule has 112 valence electrons. The number of aromatic nitrogens is 1. The van der Waals surface area contributed by atoms with Crippen LogP contribution in [0.1, 0.15) is 13.3 Å². The Kier molecular flexibility index (Phi) is 4.95. The van der Waals surface area contributed by atoms with Gasteiger partial charge in [-0.3, -0.25) is 4.98 Å². The van der Waals surface area contributed by atoms with E-state index in [-0.39, 0.29) is 17.9 Å². The Morgan fingerprint density at radius 3 is 2.90 bits per heavy atom. The Morgan fingerprint density at radius 1 is 1.50 bits per heavy atom. The Hall–Kier alpha value is -1.18. The summed E-state index contributed by atoms with van der Waals surface area (Å²) in [4.78, 5) is 3.96. The third-order valence-corrected chi connectivity index (χ3v) is 5.35. The number of ether oxygens (including phenoxy) is 2. The largest absolute Gasteiger partial charge is 0.490 e. The van der Waals surface area contributed by atoms with Gasteiger partial charge in [-0.25, -0.2) is 8.42 Å². The second kappa shape index (κ2) is 6.51. The molecular formula is C13H20N2O4S. The predicted molar refractivity (Wildman–Crippen MR) is 75.1 cm³/mol. The molecule has 0 saturated carbocycles. The second-order valence-electron chi connectivity index (χ2n) is 4.72. The predicted octanol–water partition coefficient (Wildman–Crippen LogP) is 0.899. The van der Waals surface area contributed by atoms with Gasteiger partial charge in [-0.1, -0.05) is 0 Å². The standard InChI is InChI=1S/C13H20N2O4S/c1-3-20(16,17)15-9-13(18-2)7-11(15)10-19-12-5-4-6-14-8-12/h4-6,8,11,13H,3,7,9-10H2,1-2H3/t11-,13+/m0/s1. The third kappa shape index (κ3) is 3.47. The summed E-state index contributed by atoms with van der Waals surface area (Å²) < 4.78 is 36.6. The number of hydrogen-bond acceptors (Lipinski definition) is 5. The van der Waals surface area contributed by atoms with Gasteiger partial charge >= 0.3 is 0 Å². The normalized spacial score (nSPS) is 23.9. The molecule has 6 nitrogen and oxygen atoms in total. The van der Waals surface area contributed by atoms with Gasteiger partial charge < -0.3 is 9.47 Å². The van der Waals surface area contributed by atoms with E-state index in [2.05, 4.69) is 4.98 Å². The van der Waals surface area contributed by atoms with Gasteiger partial charge in [0, 0.05) is 19.9 Å². The van der Waals surface area contributed by atoms with Crippen molar-refractivity contribution in [1.29, 1.82) is 0 Å². The molecule has 1 aliphatic rings. The van der Waals surface area contributed by atoms with E-state index in [4.69, 9.17) is 9.47 Å². The van der Waals surface area contributed by atoms with Crippen molar-refractivity contribution in [2.45, 2.75) is 25.5 Å². The number of rotatable bonds is 6. The van der Waals surface area contributed by atoms with Crippen LogP contribution in [0.3, 0.4) is 0 Å². The molecule has 0 aliphatic carbocycles. The van der Waals surface area contributed by atoms with Crippen LogP contribution in [-0.2, 0) is 14.8 Å². The first-order valence-corrected chi connectivity index (χ1v) is 8.23. The van der Waals surface area contributed by atoms with Gasteiger partial charge in [0.25, 0.3) is 0 Å². The van der Waals surface area contributed by atoms with Crippen molar-refractivity contribution in [1.82, 2.24) is 9.29 Å². The first-order chi connectivity index (χ1) is 9.56. The van der Waals surface area contributed by atoms with Crippen LogP contribution in [0, 0.1) is 0 Å². The molecule has 20 heavy (non-hydrogen) atoms. The van der Waals surface area contributed by atoms with E-state index in [1.54, 1.807) is 38.6 Å². The van der Waals surface area contributed by atoms with E-state index in [1.807, 2.05) is 0 Å². The van der Waals surface area contributed by atoms with Crippen molar-refractivity contribution in [2.24, 2.45) is 0 Å². The number of nitrogens with zero attached hydrogens (tertiary/aromatic N) is 2. The summed E-state index contributed by atoms with van der Waals surface area (Å²) in [5, 5.41) is 0. The number of methoxy groups -OCH3 is 1. The molecule has 1 fully saturated rings. The first-order valence-electron chi connectivity index (χ1n) is 6.62. The summed E-state index contributed by atoms with van der Waals surface area (Å²) in [7, 11) is -1.63. The minimum atomic E-state index is -3.24. The average molecular weight is 300 g/mol. The molecule has 1 aromatic heterocycles. The van der Waals surface area contributed by atoms with Gasteiger partial charge in [0.05, 0.1) is 24.1 Å². The van der Waals surface area contributed by atoms with Crippen LogP contribution in [0.4, 0.5) is 0 Å². The maximum absolute atomic E-state index is 12.1. The van der Waals surface area contributed by atoms with E-state index in [9.17, 15) is 8.42 Å². The highest BCUT2D eigenvalue weighted by Crippen LogP contribution is 2.24. The number of sulfonamides is 1. The summed E-state index contributed by atoms with van der Waals surface area (Å²) in [6, 6.07) is 3.39. The maximum atomic E-state index is 12.1. The Bertz CT molecular complexity index is 520. The lowest BCUT2D eigenvalue weighted by Crippen LogP contribution is -2.40. The van der Waals surface area contributed by atoms with Crippen molar-refractivity contribution < 1.29 is 17.9 Å². The molecule has 2 atom stereocenters. The van der Waals surface area contributed by atoms with Crippen LogP contribution in [-0.4, -0.2) is 55.9 Å². The summed E-state index contributed by atoms with van der Waals surface area (Å²) in [5.41, 5.74) is 0. The topological polar surface area (TPSA) is 68.7 Å². The minimum Gasteiger partial charge on any atom is -0.490 e. The van der Waals surface area contributed by atoms with Crippen LogP contribution in [0.25, 0.3) is 0 Å². The van der Waals surface area contributed by atoms with Gasteiger partial charge in [-0.2, -0.15) is 4.31 Å². The Balaban J connectivity index is 2.04. The minimum absolute atomic E-state index is 0.0705. The third-order valence-electron chi connectivity index (χ3n) is 3.46. The summed E-state index contributed by atoms with van der Waals surface area (Å²) in [6.07, 6.45) is 3.85. The first kappa shape index (κ1) is 15.2. The fourth-order valence-corrected chi connectivity index (χ4v) is 3.62.